The number of aliphatic hydroxyl groups is 2. The fourth-order valence-corrected chi connectivity index (χ4v) is 8.76. The molecule has 4 aliphatic rings. The lowest BCUT2D eigenvalue weighted by Crippen LogP contribution is -2.73. The molecule has 4 N–H and O–H groups in total. The third-order valence-corrected chi connectivity index (χ3v) is 10.7. The summed E-state index contributed by atoms with van der Waals surface area (Å²) in [7, 11) is 0. The average molecular weight is 518 g/mol. The fourth-order valence-electron chi connectivity index (χ4n) is 8.39. The zero-order valence-corrected chi connectivity index (χ0v) is 21.7. The molecule has 4 aliphatic carbocycles. The van der Waals surface area contributed by atoms with Crippen molar-refractivity contribution in [1.82, 2.24) is 4.98 Å². The first-order valence-corrected chi connectivity index (χ1v) is 12.9. The Morgan fingerprint density at radius 2 is 2.00 bits per heavy atom. The molecule has 0 aliphatic heterocycles. The van der Waals surface area contributed by atoms with Gasteiger partial charge in [-0.1, -0.05) is 26.3 Å². The van der Waals surface area contributed by atoms with E-state index in [1.54, 1.807) is 6.92 Å². The first kappa shape index (κ1) is 25.5. The highest BCUT2D eigenvalue weighted by molar-refractivity contribution is 7.96. The van der Waals surface area contributed by atoms with Gasteiger partial charge in [0, 0.05) is 16.2 Å². The van der Waals surface area contributed by atoms with E-state index in [4.69, 9.17) is 5.73 Å². The number of halogens is 2. The molecule has 1 aromatic rings. The molecule has 1 heterocycles. The fraction of sp³-hybridized carbons (Fsp3) is 0.593. The smallest absolute Gasteiger partial charge is 0.218 e. The van der Waals surface area contributed by atoms with Gasteiger partial charge in [-0.25, -0.2) is 14.4 Å². The van der Waals surface area contributed by atoms with E-state index in [2.05, 4.69) is 22.6 Å². The highest BCUT2D eigenvalue weighted by Crippen LogP contribution is 2.75. The number of carbonyl (C=O) groups is 1. The van der Waals surface area contributed by atoms with Gasteiger partial charge in [0.05, 0.1) is 23.7 Å². The van der Waals surface area contributed by atoms with Crippen LogP contribution in [0.3, 0.4) is 0 Å². The second kappa shape index (κ2) is 7.95. The van der Waals surface area contributed by atoms with Crippen LogP contribution in [-0.4, -0.2) is 43.4 Å². The molecule has 194 valence electrons. The van der Waals surface area contributed by atoms with Crippen LogP contribution in [0.2, 0.25) is 0 Å². The topological polar surface area (TPSA) is 109 Å². The summed E-state index contributed by atoms with van der Waals surface area (Å²) in [6.07, 6.45) is 5.06. The molecule has 3 saturated carbocycles. The van der Waals surface area contributed by atoms with Crippen molar-refractivity contribution in [1.29, 1.82) is 0 Å². The van der Waals surface area contributed by atoms with E-state index in [1.165, 1.54) is 24.5 Å². The van der Waals surface area contributed by atoms with Gasteiger partial charge in [0.15, 0.2) is 5.67 Å². The van der Waals surface area contributed by atoms with Crippen molar-refractivity contribution in [2.75, 3.05) is 0 Å². The molecule has 36 heavy (non-hydrogen) atoms. The number of carbonyl (C=O) groups excluding carboxylic acids is 1. The Morgan fingerprint density at radius 3 is 2.61 bits per heavy atom. The Balaban J connectivity index is 1.62. The number of rotatable bonds is 2. The minimum Gasteiger partial charge on any atom is -0.404 e. The number of allylic oxidation sites excluding steroid dienone is 3. The Bertz CT molecular complexity index is 1220. The number of nitrogens with two attached hydrogens (primary N) is 1. The van der Waals surface area contributed by atoms with Crippen LogP contribution in [0, 0.1) is 28.1 Å². The first-order chi connectivity index (χ1) is 16.8. The number of aromatic nitrogens is 1. The number of aliphatic hydroxyl groups excluding tert-OH is 1. The maximum absolute atomic E-state index is 17.8. The maximum atomic E-state index is 17.8. The summed E-state index contributed by atoms with van der Waals surface area (Å²) < 4.78 is 31.1. The largest absolute Gasteiger partial charge is 0.404 e. The van der Waals surface area contributed by atoms with Gasteiger partial charge in [0.2, 0.25) is 11.1 Å². The van der Waals surface area contributed by atoms with Crippen LogP contribution in [0.15, 0.2) is 46.7 Å². The predicted molar refractivity (Wildman–Crippen MR) is 136 cm³/mol. The number of alkyl halides is 1. The van der Waals surface area contributed by atoms with E-state index in [9.17, 15) is 19.4 Å². The number of nitrogens with zero attached hydrogens (tertiary/aromatic N) is 2. The maximum Gasteiger partial charge on any atom is 0.218 e. The molecule has 0 spiro atoms. The van der Waals surface area contributed by atoms with Crippen LogP contribution < -0.4 is 5.73 Å². The Labute approximate surface area is 215 Å². The van der Waals surface area contributed by atoms with Gasteiger partial charge in [-0.15, -0.1) is 12.6 Å². The van der Waals surface area contributed by atoms with Crippen molar-refractivity contribution in [2.24, 2.45) is 32.9 Å². The highest BCUT2D eigenvalue weighted by atomic mass is 32.1. The molecule has 9 heteroatoms. The van der Waals surface area contributed by atoms with E-state index < -0.39 is 44.7 Å². The summed E-state index contributed by atoms with van der Waals surface area (Å²) in [5, 5.41) is 22.3. The molecule has 1 aromatic heterocycles. The van der Waals surface area contributed by atoms with Crippen LogP contribution in [0.1, 0.15) is 59.3 Å². The van der Waals surface area contributed by atoms with E-state index in [-0.39, 0.29) is 25.2 Å². The minimum atomic E-state index is -2.03. The summed E-state index contributed by atoms with van der Waals surface area (Å²) in [5.74, 6) is -0.922. The number of thiol groups is 1. The van der Waals surface area contributed by atoms with Crippen molar-refractivity contribution in [3.05, 3.63) is 47.7 Å². The van der Waals surface area contributed by atoms with Crippen molar-refractivity contribution >= 4 is 29.1 Å². The van der Waals surface area contributed by atoms with Crippen LogP contribution in [0.25, 0.3) is 0 Å². The molecule has 7 atom stereocenters. The van der Waals surface area contributed by atoms with Gasteiger partial charge in [0.1, 0.15) is 5.60 Å². The number of hydrogen-bond acceptors (Lipinski definition) is 6. The first-order valence-electron chi connectivity index (χ1n) is 12.4. The van der Waals surface area contributed by atoms with E-state index >= 15 is 4.39 Å². The molecule has 0 unspecified atom stereocenters. The number of hydrogen-bond donors (Lipinski definition) is 4. The summed E-state index contributed by atoms with van der Waals surface area (Å²) in [6.45, 7) is 5.51. The third-order valence-electron chi connectivity index (χ3n) is 10.3. The van der Waals surface area contributed by atoms with Gasteiger partial charge in [-0.05, 0) is 74.4 Å². The SMILES string of the molecule is C[C@]12CC(=CN)C(=Nc3ccc(F)nc3)C=C1CC[C@@]1(C)[C@@H]3CC[C@](O)(C(=O)S)[C@@]3(C)C[C@H](O)[C@]21F. The third kappa shape index (κ3) is 2.99. The number of pyridine rings is 1. The zero-order valence-electron chi connectivity index (χ0n) is 20.8. The van der Waals surface area contributed by atoms with Gasteiger partial charge in [-0.3, -0.25) is 4.79 Å². The van der Waals surface area contributed by atoms with Crippen LogP contribution >= 0.6 is 12.6 Å². The molecule has 0 radical (unpaired) electrons. The van der Waals surface area contributed by atoms with Crippen LogP contribution in [0.5, 0.6) is 0 Å². The monoisotopic (exact) mass is 517 g/mol. The molecule has 0 amide bonds. The molecule has 5 rings (SSSR count). The number of fused-ring (bicyclic) bond motifs is 5. The lowest BCUT2D eigenvalue weighted by atomic mass is 9.38. The van der Waals surface area contributed by atoms with Gasteiger partial charge in [-0.2, -0.15) is 4.39 Å². The minimum absolute atomic E-state index is 0.0424. The lowest BCUT2D eigenvalue weighted by molar-refractivity contribution is -0.261. The zero-order chi connectivity index (χ0) is 26.3. The lowest BCUT2D eigenvalue weighted by Gasteiger charge is -2.68. The normalized spacial score (nSPS) is 46.2. The van der Waals surface area contributed by atoms with Gasteiger partial charge >= 0.3 is 0 Å². The van der Waals surface area contributed by atoms with Crippen molar-refractivity contribution in [2.45, 2.75) is 76.7 Å². The van der Waals surface area contributed by atoms with E-state index in [1.807, 2.05) is 19.9 Å². The van der Waals surface area contributed by atoms with E-state index in [0.717, 1.165) is 5.57 Å². The average Bonchev–Trinajstić information content (AvgIpc) is 3.10. The molecule has 6 nitrogen and oxygen atoms in total. The standard InChI is InChI=1S/C27H33F2N3O3S/c1-23-8-6-16-10-18(32-17-4-5-21(28)31-14-17)15(13-30)11-24(16,2)27(23,29)20(33)12-25(3)19(23)7-9-26(25,35)22(34)36/h4-5,10,13-14,19-20,33,35H,6-9,11-12,30H2,1-3H3,(H,34,36)/t19-,20-,23-,24-,25-,26-,27+/m0/s1. The van der Waals surface area contributed by atoms with Crippen molar-refractivity contribution < 1.29 is 23.8 Å². The Kier molecular flexibility index (Phi) is 5.64. The van der Waals surface area contributed by atoms with E-state index in [0.29, 0.717) is 36.2 Å². The molecule has 0 bridgehead atoms. The van der Waals surface area contributed by atoms with Crippen LogP contribution in [-0.2, 0) is 4.79 Å². The summed E-state index contributed by atoms with van der Waals surface area (Å²) in [4.78, 5) is 20.7. The van der Waals surface area contributed by atoms with Crippen LogP contribution in [0.4, 0.5) is 14.5 Å². The highest BCUT2D eigenvalue weighted by Gasteiger charge is 2.78. The Hall–Kier alpha value is -2.10. The quantitative estimate of drug-likeness (QED) is 0.345. The van der Waals surface area contributed by atoms with Gasteiger partial charge < -0.3 is 15.9 Å². The molecular weight excluding hydrogens is 484 g/mol. The second-order valence-corrected chi connectivity index (χ2v) is 12.1. The summed E-state index contributed by atoms with van der Waals surface area (Å²) in [6, 6.07) is 2.74. The summed E-state index contributed by atoms with van der Waals surface area (Å²) >= 11 is 3.98. The van der Waals surface area contributed by atoms with Crippen molar-refractivity contribution in [3.63, 3.8) is 0 Å². The molecular formula is C27H33F2N3O3S. The number of aliphatic imine (C=N–C) groups is 1. The molecule has 0 saturated heterocycles. The molecule has 0 aromatic carbocycles. The van der Waals surface area contributed by atoms with Crippen molar-refractivity contribution in [3.8, 4) is 0 Å². The second-order valence-electron chi connectivity index (χ2n) is 11.7. The molecule has 3 fully saturated rings. The Morgan fingerprint density at radius 1 is 1.28 bits per heavy atom. The summed E-state index contributed by atoms with van der Waals surface area (Å²) in [5.41, 5.74) is 1.69. The predicted octanol–water partition coefficient (Wildman–Crippen LogP) is 4.35. The van der Waals surface area contributed by atoms with Gasteiger partial charge in [0.25, 0.3) is 0 Å².